The number of hydrogen-bond acceptors (Lipinski definition) is 6. The van der Waals surface area contributed by atoms with Gasteiger partial charge in [0.15, 0.2) is 6.10 Å². The Morgan fingerprint density at radius 2 is 1.43 bits per heavy atom. The van der Waals surface area contributed by atoms with Crippen molar-refractivity contribution in [2.45, 2.75) is 64.5 Å². The molecule has 0 spiro atoms. The molecule has 0 aliphatic rings. The Bertz CT molecular complexity index is 1230. The molecule has 3 rings (SSSR count). The van der Waals surface area contributed by atoms with Gasteiger partial charge in [-0.25, -0.2) is 9.59 Å². The van der Waals surface area contributed by atoms with Gasteiger partial charge in [0.05, 0.1) is 6.61 Å². The molecule has 0 N–H and O–H groups in total. The van der Waals surface area contributed by atoms with E-state index in [1.54, 1.807) is 19.1 Å². The Labute approximate surface area is 232 Å². The fourth-order valence-electron chi connectivity index (χ4n) is 3.98. The predicted octanol–water partition coefficient (Wildman–Crippen LogP) is 7.16. The molecule has 0 amide bonds. The molecule has 0 bridgehead atoms. The maximum absolute atomic E-state index is 13.3. The Hall–Kier alpha value is -4.01. The minimum Gasteiger partial charge on any atom is -0.489 e. The van der Waals surface area contributed by atoms with Crippen LogP contribution in [0.2, 0.25) is 0 Å². The zero-order chi connectivity index (χ0) is 29.2. The molecule has 0 aliphatic carbocycles. The van der Waals surface area contributed by atoms with Gasteiger partial charge in [-0.2, -0.15) is 13.2 Å². The Morgan fingerprint density at radius 3 is 2.00 bits per heavy atom. The lowest BCUT2D eigenvalue weighted by Gasteiger charge is -2.35. The van der Waals surface area contributed by atoms with Crippen molar-refractivity contribution in [2.75, 3.05) is 6.61 Å². The van der Waals surface area contributed by atoms with E-state index in [-0.39, 0.29) is 24.5 Å². The fourth-order valence-corrected chi connectivity index (χ4v) is 3.98. The van der Waals surface area contributed by atoms with Gasteiger partial charge in [-0.1, -0.05) is 67.9 Å². The second-order valence-corrected chi connectivity index (χ2v) is 9.30. The molecule has 214 valence electrons. The lowest BCUT2D eigenvalue weighted by Crippen LogP contribution is -2.50. The highest BCUT2D eigenvalue weighted by Gasteiger charge is 2.52. The first-order valence-electron chi connectivity index (χ1n) is 13.1. The van der Waals surface area contributed by atoms with Crippen LogP contribution in [0.1, 0.15) is 56.4 Å². The van der Waals surface area contributed by atoms with E-state index >= 15 is 0 Å². The number of aryl methyl sites for hydroxylation is 1. The van der Waals surface area contributed by atoms with Crippen molar-refractivity contribution in [1.29, 1.82) is 0 Å². The molecule has 0 aliphatic heterocycles. The number of halogens is 3. The van der Waals surface area contributed by atoms with Gasteiger partial charge in [0, 0.05) is 0 Å². The van der Waals surface area contributed by atoms with E-state index in [2.05, 4.69) is 6.92 Å². The van der Waals surface area contributed by atoms with Gasteiger partial charge in [0.25, 0.3) is 0 Å². The van der Waals surface area contributed by atoms with Crippen LogP contribution < -0.4 is 9.47 Å². The summed E-state index contributed by atoms with van der Waals surface area (Å²) in [6.07, 6.45) is -4.25. The van der Waals surface area contributed by atoms with Crippen LogP contribution in [-0.4, -0.2) is 30.3 Å². The summed E-state index contributed by atoms with van der Waals surface area (Å²) in [5.74, 6) is -2.83. The number of carbonyl (C=O) groups excluding carboxylic acids is 2. The van der Waals surface area contributed by atoms with Crippen molar-refractivity contribution < 1.29 is 41.7 Å². The third-order valence-electron chi connectivity index (χ3n) is 6.14. The summed E-state index contributed by atoms with van der Waals surface area (Å²) >= 11 is 0. The van der Waals surface area contributed by atoms with Crippen molar-refractivity contribution in [3.63, 3.8) is 0 Å². The molecule has 0 saturated heterocycles. The standard InChI is InChI=1S/C31H33F3O6/c1-4-6-10-22-13-17-26(18-14-22)40-30(3,28(35)37-5-2)27(39-29(36)31(32,33)34)24-15-19-25(20-16-24)38-21-23-11-8-7-9-12-23/h7-9,11-20,27H,4-6,10,21H2,1-3H3. The van der Waals surface area contributed by atoms with E-state index in [1.807, 2.05) is 42.5 Å². The SMILES string of the molecule is CCCCc1ccc(OC(C)(C(=O)OCC)C(OC(=O)C(F)(F)F)c2ccc(OCc3ccccc3)cc2)cc1. The smallest absolute Gasteiger partial charge is 0.489 e. The molecule has 0 saturated carbocycles. The van der Waals surface area contributed by atoms with E-state index in [1.165, 1.54) is 31.2 Å². The summed E-state index contributed by atoms with van der Waals surface area (Å²) in [5.41, 5.74) is -0.112. The maximum Gasteiger partial charge on any atom is 0.490 e. The number of unbranched alkanes of at least 4 members (excludes halogenated alkanes) is 1. The lowest BCUT2D eigenvalue weighted by atomic mass is 9.91. The zero-order valence-electron chi connectivity index (χ0n) is 22.7. The van der Waals surface area contributed by atoms with Crippen LogP contribution in [0.25, 0.3) is 0 Å². The first kappa shape index (κ1) is 30.5. The predicted molar refractivity (Wildman–Crippen MR) is 143 cm³/mol. The first-order chi connectivity index (χ1) is 19.1. The van der Waals surface area contributed by atoms with Crippen LogP contribution in [0.4, 0.5) is 13.2 Å². The molecule has 3 aromatic carbocycles. The molecule has 2 unspecified atom stereocenters. The van der Waals surface area contributed by atoms with E-state index in [0.29, 0.717) is 5.75 Å². The molecule has 0 fully saturated rings. The van der Waals surface area contributed by atoms with E-state index in [9.17, 15) is 22.8 Å². The van der Waals surface area contributed by atoms with Crippen LogP contribution in [0.3, 0.4) is 0 Å². The molecule has 0 heterocycles. The van der Waals surface area contributed by atoms with Crippen molar-refractivity contribution in [1.82, 2.24) is 0 Å². The van der Waals surface area contributed by atoms with Gasteiger partial charge in [-0.15, -0.1) is 0 Å². The highest BCUT2D eigenvalue weighted by Crippen LogP contribution is 2.38. The van der Waals surface area contributed by atoms with Gasteiger partial charge in [0.2, 0.25) is 5.60 Å². The maximum atomic E-state index is 13.3. The van der Waals surface area contributed by atoms with Crippen molar-refractivity contribution in [2.24, 2.45) is 0 Å². The molecular formula is C31H33F3O6. The summed E-state index contributed by atoms with van der Waals surface area (Å²) in [7, 11) is 0. The van der Waals surface area contributed by atoms with Gasteiger partial charge >= 0.3 is 18.1 Å². The first-order valence-corrected chi connectivity index (χ1v) is 13.1. The normalized spacial score (nSPS) is 13.6. The third kappa shape index (κ3) is 8.24. The number of carbonyl (C=O) groups is 2. The van der Waals surface area contributed by atoms with E-state index in [4.69, 9.17) is 18.9 Å². The molecular weight excluding hydrogens is 525 g/mol. The average Bonchev–Trinajstić information content (AvgIpc) is 2.94. The molecule has 3 aromatic rings. The number of rotatable bonds is 13. The molecule has 2 atom stereocenters. The van der Waals surface area contributed by atoms with Gasteiger partial charge in [-0.3, -0.25) is 0 Å². The fraction of sp³-hybridized carbons (Fsp3) is 0.355. The molecule has 0 aromatic heterocycles. The monoisotopic (exact) mass is 558 g/mol. The Morgan fingerprint density at radius 1 is 0.800 bits per heavy atom. The van der Waals surface area contributed by atoms with Crippen LogP contribution in [-0.2, 0) is 32.1 Å². The number of hydrogen-bond donors (Lipinski definition) is 0. The Kier molecular flexibility index (Phi) is 10.6. The minimum absolute atomic E-state index is 0.0695. The van der Waals surface area contributed by atoms with Crippen LogP contribution in [0.5, 0.6) is 11.5 Å². The summed E-state index contributed by atoms with van der Waals surface area (Å²) < 4.78 is 61.8. The van der Waals surface area contributed by atoms with Crippen molar-refractivity contribution >= 4 is 11.9 Å². The quantitative estimate of drug-likeness (QED) is 0.208. The largest absolute Gasteiger partial charge is 0.490 e. The van der Waals surface area contributed by atoms with Crippen LogP contribution in [0.15, 0.2) is 78.9 Å². The van der Waals surface area contributed by atoms with Crippen LogP contribution in [0, 0.1) is 0 Å². The summed E-state index contributed by atoms with van der Waals surface area (Å²) in [5, 5.41) is 0. The van der Waals surface area contributed by atoms with Crippen molar-refractivity contribution in [3.05, 3.63) is 95.6 Å². The molecule has 9 heteroatoms. The second kappa shape index (κ2) is 13.9. The molecule has 6 nitrogen and oxygen atoms in total. The lowest BCUT2D eigenvalue weighted by molar-refractivity contribution is -0.216. The number of benzene rings is 3. The average molecular weight is 559 g/mol. The van der Waals surface area contributed by atoms with Gasteiger partial charge < -0.3 is 18.9 Å². The topological polar surface area (TPSA) is 71.1 Å². The van der Waals surface area contributed by atoms with Gasteiger partial charge in [0.1, 0.15) is 18.1 Å². The number of esters is 2. The summed E-state index contributed by atoms with van der Waals surface area (Å²) in [6, 6.07) is 22.1. The number of ether oxygens (including phenoxy) is 4. The zero-order valence-corrected chi connectivity index (χ0v) is 22.7. The second-order valence-electron chi connectivity index (χ2n) is 9.30. The Balaban J connectivity index is 1.95. The summed E-state index contributed by atoms with van der Waals surface area (Å²) in [4.78, 5) is 25.2. The van der Waals surface area contributed by atoms with Crippen LogP contribution >= 0.6 is 0 Å². The summed E-state index contributed by atoms with van der Waals surface area (Å²) in [6.45, 7) is 5.07. The van der Waals surface area contributed by atoms with Gasteiger partial charge in [-0.05, 0) is 67.6 Å². The number of alkyl halides is 3. The minimum atomic E-state index is -5.30. The van der Waals surface area contributed by atoms with E-state index < -0.39 is 29.8 Å². The highest BCUT2D eigenvalue weighted by molar-refractivity contribution is 5.82. The molecule has 40 heavy (non-hydrogen) atoms. The van der Waals surface area contributed by atoms with Crippen molar-refractivity contribution in [3.8, 4) is 11.5 Å². The molecule has 0 radical (unpaired) electrons. The highest BCUT2D eigenvalue weighted by atomic mass is 19.4. The third-order valence-corrected chi connectivity index (χ3v) is 6.14. The van der Waals surface area contributed by atoms with E-state index in [0.717, 1.165) is 30.4 Å².